The van der Waals surface area contributed by atoms with E-state index in [0.717, 1.165) is 12.0 Å². The normalized spacial score (nSPS) is 33.0. The van der Waals surface area contributed by atoms with Gasteiger partial charge in [0, 0.05) is 6.54 Å². The molecule has 4 unspecified atom stereocenters. The van der Waals surface area contributed by atoms with Crippen LogP contribution in [0.2, 0.25) is 0 Å². The molecule has 1 aromatic carbocycles. The summed E-state index contributed by atoms with van der Waals surface area (Å²) < 4.78 is 0. The smallest absolute Gasteiger partial charge is 0.248 e. The molecule has 1 saturated heterocycles. The Morgan fingerprint density at radius 3 is 2.45 bits per heavy atom. The topological polar surface area (TPSA) is 49.4 Å². The number of nitrogens with one attached hydrogen (secondary N) is 1. The van der Waals surface area contributed by atoms with E-state index in [1.807, 2.05) is 30.3 Å². The summed E-state index contributed by atoms with van der Waals surface area (Å²) in [4.78, 5) is 26.5. The maximum absolute atomic E-state index is 12.4. The zero-order valence-electron chi connectivity index (χ0n) is 11.9. The molecule has 1 N–H and O–H groups in total. The van der Waals surface area contributed by atoms with Crippen molar-refractivity contribution in [2.75, 3.05) is 6.54 Å². The molecular formula is C16H20N2O2. The highest BCUT2D eigenvalue weighted by molar-refractivity contribution is 5.97. The molecule has 0 spiro atoms. The minimum atomic E-state index is -0.479. The van der Waals surface area contributed by atoms with Gasteiger partial charge in [-0.15, -0.1) is 0 Å². The van der Waals surface area contributed by atoms with Gasteiger partial charge in [0.1, 0.15) is 12.1 Å². The monoisotopic (exact) mass is 272 g/mol. The zero-order valence-corrected chi connectivity index (χ0v) is 11.9. The molecule has 1 saturated carbocycles. The quantitative estimate of drug-likeness (QED) is 0.911. The Bertz CT molecular complexity index is 529. The fourth-order valence-electron chi connectivity index (χ4n) is 2.94. The van der Waals surface area contributed by atoms with Gasteiger partial charge in [-0.2, -0.15) is 0 Å². The van der Waals surface area contributed by atoms with Gasteiger partial charge in [-0.1, -0.05) is 37.3 Å². The number of rotatable bonds is 3. The molecule has 0 radical (unpaired) electrons. The van der Waals surface area contributed by atoms with E-state index in [-0.39, 0.29) is 11.8 Å². The van der Waals surface area contributed by atoms with E-state index in [1.165, 1.54) is 0 Å². The molecule has 4 atom stereocenters. The maximum atomic E-state index is 12.4. The fourth-order valence-corrected chi connectivity index (χ4v) is 2.94. The lowest BCUT2D eigenvalue weighted by atomic mass is 9.99. The van der Waals surface area contributed by atoms with E-state index in [4.69, 9.17) is 0 Å². The van der Waals surface area contributed by atoms with Gasteiger partial charge >= 0.3 is 0 Å². The molecule has 0 bridgehead atoms. The number of nitrogens with zero attached hydrogens (tertiary/aromatic N) is 1. The van der Waals surface area contributed by atoms with Gasteiger partial charge in [0.25, 0.3) is 0 Å². The molecule has 0 aromatic heterocycles. The molecule has 106 valence electrons. The summed E-state index contributed by atoms with van der Waals surface area (Å²) in [5.74, 6) is 1.16. The van der Waals surface area contributed by atoms with Crippen LogP contribution in [0.5, 0.6) is 0 Å². The van der Waals surface area contributed by atoms with Gasteiger partial charge in [0.2, 0.25) is 11.8 Å². The molecule has 2 fully saturated rings. The fraction of sp³-hybridized carbons (Fsp3) is 0.500. The standard InChI is InChI=1S/C16H20N2O2/c1-10-8-13(10)9-18-14(12-6-4-3-5-7-12)15(19)17-11(2)16(18)20/h3-7,10-11,13-14H,8-9H2,1-2H3,(H,17,19). The van der Waals surface area contributed by atoms with Crippen molar-refractivity contribution in [2.24, 2.45) is 11.8 Å². The molecular weight excluding hydrogens is 252 g/mol. The largest absolute Gasteiger partial charge is 0.342 e. The second-order valence-electron chi connectivity index (χ2n) is 6.01. The number of hydrogen-bond acceptors (Lipinski definition) is 2. The van der Waals surface area contributed by atoms with Crippen LogP contribution in [0.3, 0.4) is 0 Å². The number of amides is 2. The Morgan fingerprint density at radius 2 is 1.85 bits per heavy atom. The molecule has 1 heterocycles. The van der Waals surface area contributed by atoms with Gasteiger partial charge < -0.3 is 10.2 Å². The third kappa shape index (κ3) is 2.30. The first-order chi connectivity index (χ1) is 9.58. The lowest BCUT2D eigenvalue weighted by Crippen LogP contribution is -2.58. The number of benzene rings is 1. The van der Waals surface area contributed by atoms with Crippen molar-refractivity contribution in [1.82, 2.24) is 10.2 Å². The van der Waals surface area contributed by atoms with Gasteiger partial charge in [-0.25, -0.2) is 0 Å². The molecule has 4 heteroatoms. The van der Waals surface area contributed by atoms with Crippen molar-refractivity contribution >= 4 is 11.8 Å². The molecule has 2 amide bonds. The summed E-state index contributed by atoms with van der Waals surface area (Å²) >= 11 is 0. The molecule has 1 aliphatic heterocycles. The number of hydrogen-bond donors (Lipinski definition) is 1. The van der Waals surface area contributed by atoms with Crippen molar-refractivity contribution in [3.63, 3.8) is 0 Å². The summed E-state index contributed by atoms with van der Waals surface area (Å²) in [5.41, 5.74) is 0.888. The number of carbonyl (C=O) groups excluding carboxylic acids is 2. The number of carbonyl (C=O) groups is 2. The first-order valence-corrected chi connectivity index (χ1v) is 7.23. The first-order valence-electron chi connectivity index (χ1n) is 7.23. The van der Waals surface area contributed by atoms with E-state index in [9.17, 15) is 9.59 Å². The Kier molecular flexibility index (Phi) is 3.24. The summed E-state index contributed by atoms with van der Waals surface area (Å²) in [7, 11) is 0. The van der Waals surface area contributed by atoms with E-state index in [1.54, 1.807) is 11.8 Å². The van der Waals surface area contributed by atoms with Crippen molar-refractivity contribution < 1.29 is 9.59 Å². The van der Waals surface area contributed by atoms with E-state index in [0.29, 0.717) is 18.4 Å². The van der Waals surface area contributed by atoms with Crippen LogP contribution < -0.4 is 5.32 Å². The molecule has 4 nitrogen and oxygen atoms in total. The first kappa shape index (κ1) is 13.2. The predicted molar refractivity (Wildman–Crippen MR) is 75.8 cm³/mol. The highest BCUT2D eigenvalue weighted by atomic mass is 16.2. The molecule has 1 aliphatic carbocycles. The average Bonchev–Trinajstić information content (AvgIpc) is 3.12. The summed E-state index contributed by atoms with van der Waals surface area (Å²) in [6, 6.07) is 8.66. The van der Waals surface area contributed by atoms with Gasteiger partial charge in [-0.3, -0.25) is 9.59 Å². The minimum absolute atomic E-state index is 0.0255. The van der Waals surface area contributed by atoms with E-state index in [2.05, 4.69) is 12.2 Å². The molecule has 2 aliphatic rings. The highest BCUT2D eigenvalue weighted by Crippen LogP contribution is 2.40. The van der Waals surface area contributed by atoms with Crippen molar-refractivity contribution in [3.05, 3.63) is 35.9 Å². The van der Waals surface area contributed by atoms with Crippen molar-refractivity contribution in [1.29, 1.82) is 0 Å². The highest BCUT2D eigenvalue weighted by Gasteiger charge is 2.43. The molecule has 1 aromatic rings. The third-order valence-corrected chi connectivity index (χ3v) is 4.39. The average molecular weight is 272 g/mol. The Labute approximate surface area is 119 Å². The maximum Gasteiger partial charge on any atom is 0.248 e. The third-order valence-electron chi connectivity index (χ3n) is 4.39. The van der Waals surface area contributed by atoms with Crippen LogP contribution in [0.4, 0.5) is 0 Å². The SMILES string of the molecule is CC1NC(=O)C(c2ccccc2)N(CC2CC2C)C1=O. The van der Waals surface area contributed by atoms with E-state index >= 15 is 0 Å². The van der Waals surface area contributed by atoms with Crippen LogP contribution in [-0.4, -0.2) is 29.3 Å². The van der Waals surface area contributed by atoms with Crippen LogP contribution in [0.15, 0.2) is 30.3 Å². The second-order valence-corrected chi connectivity index (χ2v) is 6.01. The van der Waals surface area contributed by atoms with Gasteiger partial charge in [-0.05, 0) is 30.7 Å². The zero-order chi connectivity index (χ0) is 14.3. The Hall–Kier alpha value is -1.84. The summed E-state index contributed by atoms with van der Waals surface area (Å²) in [6.45, 7) is 4.64. The molecule has 20 heavy (non-hydrogen) atoms. The second kappa shape index (κ2) is 4.93. The molecule has 3 rings (SSSR count). The lowest BCUT2D eigenvalue weighted by molar-refractivity contribution is -0.149. The summed E-state index contributed by atoms with van der Waals surface area (Å²) in [6.07, 6.45) is 1.15. The Morgan fingerprint density at radius 1 is 1.20 bits per heavy atom. The van der Waals surface area contributed by atoms with Crippen molar-refractivity contribution in [2.45, 2.75) is 32.4 Å². The van der Waals surface area contributed by atoms with Crippen LogP contribution in [0.25, 0.3) is 0 Å². The van der Waals surface area contributed by atoms with Crippen LogP contribution in [-0.2, 0) is 9.59 Å². The van der Waals surface area contributed by atoms with Crippen LogP contribution in [0, 0.1) is 11.8 Å². The van der Waals surface area contributed by atoms with Crippen molar-refractivity contribution in [3.8, 4) is 0 Å². The Balaban J connectivity index is 1.90. The van der Waals surface area contributed by atoms with Gasteiger partial charge in [0.05, 0.1) is 0 Å². The van der Waals surface area contributed by atoms with E-state index < -0.39 is 12.1 Å². The summed E-state index contributed by atoms with van der Waals surface area (Å²) in [5, 5.41) is 2.78. The van der Waals surface area contributed by atoms with Crippen LogP contribution >= 0.6 is 0 Å². The van der Waals surface area contributed by atoms with Crippen LogP contribution in [0.1, 0.15) is 31.9 Å². The predicted octanol–water partition coefficient (Wildman–Crippen LogP) is 1.73. The van der Waals surface area contributed by atoms with Gasteiger partial charge in [0.15, 0.2) is 0 Å². The lowest BCUT2D eigenvalue weighted by Gasteiger charge is -2.38. The number of piperazine rings is 1. The minimum Gasteiger partial charge on any atom is -0.342 e.